The lowest BCUT2D eigenvalue weighted by molar-refractivity contribution is -0.318. The first-order valence-electron chi connectivity index (χ1n) is 7.95. The maximum Gasteiger partial charge on any atom is 0.519 e. The van der Waals surface area contributed by atoms with Crippen LogP contribution in [0.15, 0.2) is 48.5 Å². The topological polar surface area (TPSA) is 94.5 Å². The highest BCUT2D eigenvalue weighted by atomic mass is 17.1. The molecule has 0 spiro atoms. The molecule has 2 rings (SSSR count). The van der Waals surface area contributed by atoms with Crippen molar-refractivity contribution in [3.63, 3.8) is 0 Å². The molecule has 0 saturated heterocycles. The minimum absolute atomic E-state index is 0.187. The summed E-state index contributed by atoms with van der Waals surface area (Å²) in [5.74, 6) is 0.374. The maximum absolute atomic E-state index is 12.3. The summed E-state index contributed by atoms with van der Waals surface area (Å²) in [6, 6.07) is 13.3. The Labute approximate surface area is 151 Å². The van der Waals surface area contributed by atoms with Crippen LogP contribution in [0.2, 0.25) is 0 Å². The zero-order chi connectivity index (χ0) is 19.4. The van der Waals surface area contributed by atoms with Crippen molar-refractivity contribution in [3.8, 4) is 11.5 Å². The van der Waals surface area contributed by atoms with E-state index in [9.17, 15) is 4.79 Å². The van der Waals surface area contributed by atoms with Gasteiger partial charge in [0.2, 0.25) is 0 Å². The van der Waals surface area contributed by atoms with Crippen molar-refractivity contribution in [3.05, 3.63) is 59.7 Å². The molecule has 0 heterocycles. The molecule has 0 amide bonds. The molecule has 0 radical (unpaired) electrons. The summed E-state index contributed by atoms with van der Waals surface area (Å²) >= 11 is 0. The van der Waals surface area contributed by atoms with Crippen LogP contribution in [-0.2, 0) is 21.0 Å². The first kappa shape index (κ1) is 19.9. The Morgan fingerprint density at radius 1 is 0.731 bits per heavy atom. The predicted molar refractivity (Wildman–Crippen MR) is 93.0 cm³/mol. The summed E-state index contributed by atoms with van der Waals surface area (Å²) in [6.07, 6.45) is -0.979. The second-order valence-electron chi connectivity index (χ2n) is 6.65. The van der Waals surface area contributed by atoms with E-state index in [2.05, 4.69) is 9.78 Å². The van der Waals surface area contributed by atoms with Gasteiger partial charge >= 0.3 is 6.16 Å². The SMILES string of the molecule is CC(C)(OO)c1ccccc1OC(=O)Oc1ccccc1C(C)(C)OO. The van der Waals surface area contributed by atoms with Crippen molar-refractivity contribution < 1.29 is 34.6 Å². The molecular weight excluding hydrogens is 340 g/mol. The van der Waals surface area contributed by atoms with Gasteiger partial charge in [0.15, 0.2) is 0 Å². The number of benzene rings is 2. The largest absolute Gasteiger partial charge is 0.519 e. The van der Waals surface area contributed by atoms with Gasteiger partial charge in [0.1, 0.15) is 22.7 Å². The van der Waals surface area contributed by atoms with E-state index < -0.39 is 17.4 Å². The van der Waals surface area contributed by atoms with Crippen molar-refractivity contribution in [1.29, 1.82) is 0 Å². The smallest absolute Gasteiger partial charge is 0.394 e. The van der Waals surface area contributed by atoms with E-state index in [1.54, 1.807) is 76.2 Å². The average Bonchev–Trinajstić information content (AvgIpc) is 2.62. The molecule has 7 heteroatoms. The quantitative estimate of drug-likeness (QED) is 0.332. The van der Waals surface area contributed by atoms with Crippen molar-refractivity contribution in [2.24, 2.45) is 0 Å². The Balaban J connectivity index is 2.25. The van der Waals surface area contributed by atoms with E-state index in [-0.39, 0.29) is 11.5 Å². The lowest BCUT2D eigenvalue weighted by atomic mass is 9.97. The van der Waals surface area contributed by atoms with Crippen molar-refractivity contribution in [1.82, 2.24) is 0 Å². The molecule has 0 saturated carbocycles. The van der Waals surface area contributed by atoms with E-state index in [0.717, 1.165) is 0 Å². The van der Waals surface area contributed by atoms with Gasteiger partial charge in [-0.05, 0) is 39.8 Å². The molecule has 0 aliphatic heterocycles. The Hall–Kier alpha value is -2.45. The molecule has 0 aliphatic carbocycles. The summed E-state index contributed by atoms with van der Waals surface area (Å²) in [5, 5.41) is 18.2. The number of carbonyl (C=O) groups is 1. The molecule has 26 heavy (non-hydrogen) atoms. The summed E-state index contributed by atoms with van der Waals surface area (Å²) in [4.78, 5) is 21.2. The van der Waals surface area contributed by atoms with Gasteiger partial charge in [0.25, 0.3) is 0 Å². The van der Waals surface area contributed by atoms with Crippen molar-refractivity contribution >= 4 is 6.16 Å². The van der Waals surface area contributed by atoms with Crippen LogP contribution in [0.4, 0.5) is 4.79 Å². The molecule has 2 aromatic rings. The summed E-state index contributed by atoms with van der Waals surface area (Å²) in [6.45, 7) is 6.49. The van der Waals surface area contributed by atoms with Gasteiger partial charge in [-0.15, -0.1) is 0 Å². The number of ether oxygens (including phenoxy) is 2. The van der Waals surface area contributed by atoms with E-state index in [1.807, 2.05) is 0 Å². The molecule has 0 bridgehead atoms. The number of hydrogen-bond acceptors (Lipinski definition) is 7. The van der Waals surface area contributed by atoms with Crippen LogP contribution < -0.4 is 9.47 Å². The molecular formula is C19H22O7. The lowest BCUT2D eigenvalue weighted by Gasteiger charge is -2.24. The zero-order valence-electron chi connectivity index (χ0n) is 15.1. The van der Waals surface area contributed by atoms with Crippen LogP contribution >= 0.6 is 0 Å². The van der Waals surface area contributed by atoms with Gasteiger partial charge in [0.05, 0.1) is 0 Å². The third-order valence-electron chi connectivity index (χ3n) is 3.91. The minimum atomic E-state index is -1.08. The van der Waals surface area contributed by atoms with E-state index in [4.69, 9.17) is 20.0 Å². The van der Waals surface area contributed by atoms with Crippen LogP contribution in [-0.4, -0.2) is 16.7 Å². The van der Waals surface area contributed by atoms with E-state index in [1.165, 1.54) is 0 Å². The molecule has 0 unspecified atom stereocenters. The molecule has 7 nitrogen and oxygen atoms in total. The molecule has 140 valence electrons. The third kappa shape index (κ3) is 4.39. The molecule has 0 atom stereocenters. The zero-order valence-corrected chi connectivity index (χ0v) is 15.1. The van der Waals surface area contributed by atoms with Gasteiger partial charge in [-0.3, -0.25) is 10.5 Å². The second kappa shape index (κ2) is 7.84. The number of carbonyl (C=O) groups excluding carboxylic acids is 1. The van der Waals surface area contributed by atoms with Crippen LogP contribution in [0.25, 0.3) is 0 Å². The molecule has 2 N–H and O–H groups in total. The van der Waals surface area contributed by atoms with Gasteiger partial charge in [-0.25, -0.2) is 14.6 Å². The average molecular weight is 362 g/mol. The van der Waals surface area contributed by atoms with Crippen molar-refractivity contribution in [2.75, 3.05) is 0 Å². The maximum atomic E-state index is 12.3. The summed E-state index contributed by atoms with van der Waals surface area (Å²) in [5.41, 5.74) is -1.23. The fourth-order valence-electron chi connectivity index (χ4n) is 2.40. The van der Waals surface area contributed by atoms with Crippen molar-refractivity contribution in [2.45, 2.75) is 38.9 Å². The minimum Gasteiger partial charge on any atom is -0.394 e. The van der Waals surface area contributed by atoms with Crippen LogP contribution in [0, 0.1) is 0 Å². The molecule has 0 aromatic heterocycles. The molecule has 0 fully saturated rings. The Morgan fingerprint density at radius 2 is 1.08 bits per heavy atom. The lowest BCUT2D eigenvalue weighted by Crippen LogP contribution is -2.24. The predicted octanol–water partition coefficient (Wildman–Crippen LogP) is 4.71. The van der Waals surface area contributed by atoms with Gasteiger partial charge in [-0.1, -0.05) is 36.4 Å². The highest BCUT2D eigenvalue weighted by Gasteiger charge is 2.29. The van der Waals surface area contributed by atoms with Crippen LogP contribution in [0.3, 0.4) is 0 Å². The second-order valence-corrected chi connectivity index (χ2v) is 6.65. The van der Waals surface area contributed by atoms with Gasteiger partial charge in [0, 0.05) is 11.1 Å². The van der Waals surface area contributed by atoms with Crippen LogP contribution in [0.1, 0.15) is 38.8 Å². The number of para-hydroxylation sites is 2. The normalized spacial score (nSPS) is 11.9. The fraction of sp³-hybridized carbons (Fsp3) is 0.316. The van der Waals surface area contributed by atoms with E-state index in [0.29, 0.717) is 11.1 Å². The number of hydrogen-bond donors (Lipinski definition) is 2. The standard InChI is InChI=1S/C19H22O7/c1-18(2,25-21)13-9-5-7-11-15(13)23-17(20)24-16-12-8-6-10-14(16)19(3,4)26-22/h5-12,21-22H,1-4H3. The van der Waals surface area contributed by atoms with E-state index >= 15 is 0 Å². The monoisotopic (exact) mass is 362 g/mol. The first-order valence-corrected chi connectivity index (χ1v) is 7.95. The highest BCUT2D eigenvalue weighted by molar-refractivity contribution is 5.68. The molecule has 2 aromatic carbocycles. The van der Waals surface area contributed by atoms with Crippen LogP contribution in [0.5, 0.6) is 11.5 Å². The van der Waals surface area contributed by atoms with Gasteiger partial charge < -0.3 is 9.47 Å². The summed E-state index contributed by atoms with van der Waals surface area (Å²) in [7, 11) is 0. The fourth-order valence-corrected chi connectivity index (χ4v) is 2.40. The Morgan fingerprint density at radius 3 is 1.42 bits per heavy atom. The third-order valence-corrected chi connectivity index (χ3v) is 3.91. The first-order chi connectivity index (χ1) is 12.2. The van der Waals surface area contributed by atoms with Gasteiger partial charge in [-0.2, -0.15) is 0 Å². The number of rotatable bonds is 6. The summed E-state index contributed by atoms with van der Waals surface area (Å²) < 4.78 is 10.6. The highest BCUT2D eigenvalue weighted by Crippen LogP contribution is 2.34. The molecule has 0 aliphatic rings. The Bertz CT molecular complexity index is 704. The Kier molecular flexibility index (Phi) is 5.99.